The Bertz CT molecular complexity index is 1750. The van der Waals surface area contributed by atoms with E-state index in [0.717, 1.165) is 59.6 Å². The first-order chi connectivity index (χ1) is 21.4. The summed E-state index contributed by atoms with van der Waals surface area (Å²) >= 11 is 1.29. The zero-order valence-corrected chi connectivity index (χ0v) is 28.1. The van der Waals surface area contributed by atoms with Crippen LogP contribution in [0.4, 0.5) is 16.2 Å². The van der Waals surface area contributed by atoms with Crippen LogP contribution < -0.4 is 19.1 Å². The topological polar surface area (TPSA) is 113 Å². The van der Waals surface area contributed by atoms with Crippen molar-refractivity contribution >= 4 is 49.9 Å². The fourth-order valence-electron chi connectivity index (χ4n) is 5.57. The number of hydrazone groups is 1. The summed E-state index contributed by atoms with van der Waals surface area (Å²) < 4.78 is 36.3. The van der Waals surface area contributed by atoms with Gasteiger partial charge in [0.25, 0.3) is 0 Å². The number of fused-ring (bicyclic) bond motifs is 1. The number of nitrogens with one attached hydrogen (secondary N) is 1. The summed E-state index contributed by atoms with van der Waals surface area (Å²) in [6.45, 7) is 5.38. The van der Waals surface area contributed by atoms with E-state index in [1.54, 1.807) is 33.4 Å². The van der Waals surface area contributed by atoms with Crippen molar-refractivity contribution in [3.8, 4) is 11.5 Å². The molecule has 2 aliphatic heterocycles. The lowest BCUT2D eigenvalue weighted by atomic mass is 9.93. The van der Waals surface area contributed by atoms with E-state index in [1.807, 2.05) is 44.2 Å². The molecule has 3 aromatic carbocycles. The average Bonchev–Trinajstić information content (AvgIpc) is 3.00. The number of amidine groups is 1. The second-order valence-corrected chi connectivity index (χ2v) is 14.9. The van der Waals surface area contributed by atoms with E-state index in [4.69, 9.17) is 14.5 Å². The molecule has 0 radical (unpaired) electrons. The summed E-state index contributed by atoms with van der Waals surface area (Å²) in [7, 11) is 1.59. The maximum Gasteiger partial charge on any atom is 0.302 e. The number of aryl methyl sites for hydroxylation is 1. The normalized spacial score (nSPS) is 16.6. The molecule has 0 unspecified atom stereocenters. The summed E-state index contributed by atoms with van der Waals surface area (Å²) in [5.41, 5.74) is 6.65. The Kier molecular flexibility index (Phi) is 9.45. The number of carbonyl (C=O) groups is 1. The molecule has 12 heteroatoms. The van der Waals surface area contributed by atoms with Gasteiger partial charge in [0.15, 0.2) is 11.5 Å². The largest absolute Gasteiger partial charge is 0.493 e. The predicted molar refractivity (Wildman–Crippen MR) is 183 cm³/mol. The number of benzene rings is 3. The number of sulfonamides is 1. The van der Waals surface area contributed by atoms with Gasteiger partial charge in [-0.15, -0.1) is 0 Å². The van der Waals surface area contributed by atoms with Crippen LogP contribution in [0.25, 0.3) is 0 Å². The molecule has 238 valence electrons. The van der Waals surface area contributed by atoms with Gasteiger partial charge in [-0.2, -0.15) is 5.10 Å². The lowest BCUT2D eigenvalue weighted by molar-refractivity contribution is 0.234. The maximum atomic E-state index is 12.3. The van der Waals surface area contributed by atoms with Gasteiger partial charge in [-0.1, -0.05) is 30.0 Å². The highest BCUT2D eigenvalue weighted by Gasteiger charge is 2.37. The molecule has 0 bridgehead atoms. The molecule has 45 heavy (non-hydrogen) atoms. The summed E-state index contributed by atoms with van der Waals surface area (Å²) in [6, 6.07) is 19.6. The smallest absolute Gasteiger partial charge is 0.302 e. The fourth-order valence-corrected chi connectivity index (χ4v) is 6.99. The van der Waals surface area contributed by atoms with E-state index >= 15 is 0 Å². The third-order valence-corrected chi connectivity index (χ3v) is 9.46. The van der Waals surface area contributed by atoms with Crippen LogP contribution in [0, 0.1) is 0 Å². The zero-order valence-electron chi connectivity index (χ0n) is 26.5. The Morgan fingerprint density at radius 1 is 1.04 bits per heavy atom. The molecule has 0 fully saturated rings. The van der Waals surface area contributed by atoms with Crippen molar-refractivity contribution in [1.29, 1.82) is 0 Å². The van der Waals surface area contributed by atoms with Gasteiger partial charge in [-0.25, -0.2) is 13.4 Å². The van der Waals surface area contributed by atoms with E-state index in [9.17, 15) is 13.2 Å². The molecule has 0 spiro atoms. The summed E-state index contributed by atoms with van der Waals surface area (Å²) in [5.74, 6) is 2.10. The van der Waals surface area contributed by atoms with Gasteiger partial charge >= 0.3 is 5.24 Å². The molecule has 1 N–H and O–H groups in total. The molecule has 2 aliphatic rings. The number of thioether (sulfide) groups is 1. The summed E-state index contributed by atoms with van der Waals surface area (Å²) in [5, 5.41) is 5.99. The quantitative estimate of drug-likeness (QED) is 0.230. The number of hydrogen-bond donors (Lipinski definition) is 1. The van der Waals surface area contributed by atoms with Crippen molar-refractivity contribution < 1.29 is 22.7 Å². The molecule has 1 amide bonds. The SMILES string of the molecule is COc1ccc(/C(=N/CCc2ccc(NS(C)(=O)=O)cc2)N2CCCc3cc(C4=NN(C)C(=O)SC4(C)C)ccc32)cc1OC. The third-order valence-electron chi connectivity index (χ3n) is 7.72. The number of ether oxygens (including phenoxy) is 2. The van der Waals surface area contributed by atoms with Gasteiger partial charge in [0.1, 0.15) is 5.84 Å². The predicted octanol–water partition coefficient (Wildman–Crippen LogP) is 5.80. The molecular formula is C33H39N5O5S2. The van der Waals surface area contributed by atoms with Crippen LogP contribution in [0.2, 0.25) is 0 Å². The average molecular weight is 650 g/mol. The molecule has 0 saturated carbocycles. The number of nitrogens with zero attached hydrogens (tertiary/aromatic N) is 4. The van der Waals surface area contributed by atoms with Gasteiger partial charge in [0.2, 0.25) is 10.0 Å². The first-order valence-electron chi connectivity index (χ1n) is 14.7. The van der Waals surface area contributed by atoms with Crippen LogP contribution in [0.3, 0.4) is 0 Å². The molecule has 10 nitrogen and oxygen atoms in total. The monoisotopic (exact) mass is 649 g/mol. The summed E-state index contributed by atoms with van der Waals surface area (Å²) in [4.78, 5) is 19.7. The lowest BCUT2D eigenvalue weighted by Gasteiger charge is -2.35. The molecular weight excluding hydrogens is 611 g/mol. The van der Waals surface area contributed by atoms with E-state index in [0.29, 0.717) is 30.2 Å². The Hall–Kier alpha value is -4.03. The standard InChI is InChI=1S/C33H39N5O5S2/c1-33(2)30(35-37(3)32(39)44-33)24-11-15-27-23(20-24)8-7-19-38(27)31(25-12-16-28(42-4)29(21-25)43-5)34-18-17-22-9-13-26(14-10-22)36-45(6,40)41/h9-16,20-21,36H,7-8,17-19H2,1-6H3/b34-31-. The number of anilines is 2. The van der Waals surface area contributed by atoms with Crippen molar-refractivity contribution in [3.05, 3.63) is 82.9 Å². The number of rotatable bonds is 9. The van der Waals surface area contributed by atoms with Crippen molar-refractivity contribution in [2.24, 2.45) is 10.1 Å². The Balaban J connectivity index is 1.48. The van der Waals surface area contributed by atoms with Gasteiger partial charge in [-0.3, -0.25) is 14.5 Å². The zero-order chi connectivity index (χ0) is 32.4. The Labute approximate surface area is 269 Å². The molecule has 5 rings (SSSR count). The van der Waals surface area contributed by atoms with Crippen molar-refractivity contribution in [2.45, 2.75) is 37.9 Å². The van der Waals surface area contributed by atoms with Gasteiger partial charge in [0, 0.05) is 37.1 Å². The van der Waals surface area contributed by atoms with Crippen LogP contribution in [0.15, 0.2) is 70.8 Å². The highest BCUT2D eigenvalue weighted by molar-refractivity contribution is 8.15. The van der Waals surface area contributed by atoms with E-state index in [-0.39, 0.29) is 5.24 Å². The van der Waals surface area contributed by atoms with Crippen LogP contribution in [0.1, 0.15) is 42.5 Å². The molecule has 3 aromatic rings. The molecule has 0 saturated heterocycles. The molecule has 0 aromatic heterocycles. The van der Waals surface area contributed by atoms with Gasteiger partial charge in [-0.05, 0) is 92.3 Å². The van der Waals surface area contributed by atoms with Crippen molar-refractivity contribution in [1.82, 2.24) is 5.01 Å². The second kappa shape index (κ2) is 13.1. The minimum absolute atomic E-state index is 0.0647. The summed E-state index contributed by atoms with van der Waals surface area (Å²) in [6.07, 6.45) is 3.67. The third kappa shape index (κ3) is 7.45. The van der Waals surface area contributed by atoms with Gasteiger partial charge in [0.05, 0.1) is 30.9 Å². The van der Waals surface area contributed by atoms with Crippen LogP contribution in [-0.2, 0) is 22.9 Å². The van der Waals surface area contributed by atoms with E-state index in [2.05, 4.69) is 32.9 Å². The number of amides is 1. The van der Waals surface area contributed by atoms with Crippen molar-refractivity contribution in [2.75, 3.05) is 50.2 Å². The van der Waals surface area contributed by atoms with E-state index < -0.39 is 14.8 Å². The molecule has 0 atom stereocenters. The minimum atomic E-state index is -3.34. The first kappa shape index (κ1) is 32.4. The second-order valence-electron chi connectivity index (χ2n) is 11.5. The molecule has 0 aliphatic carbocycles. The maximum absolute atomic E-state index is 12.3. The number of aliphatic imine (C=N–C) groups is 1. The van der Waals surface area contributed by atoms with Crippen LogP contribution in [-0.4, -0.2) is 75.6 Å². The number of methoxy groups -OCH3 is 2. The highest BCUT2D eigenvalue weighted by atomic mass is 32.2. The Morgan fingerprint density at radius 3 is 2.47 bits per heavy atom. The molecule has 2 heterocycles. The number of hydrogen-bond acceptors (Lipinski definition) is 8. The van der Waals surface area contributed by atoms with Crippen LogP contribution >= 0.6 is 11.8 Å². The highest BCUT2D eigenvalue weighted by Crippen LogP contribution is 2.38. The Morgan fingerprint density at radius 2 is 1.78 bits per heavy atom. The van der Waals surface area contributed by atoms with Gasteiger partial charge < -0.3 is 14.4 Å². The lowest BCUT2D eigenvalue weighted by Crippen LogP contribution is -2.40. The van der Waals surface area contributed by atoms with Crippen LogP contribution in [0.5, 0.6) is 11.5 Å². The van der Waals surface area contributed by atoms with E-state index in [1.165, 1.54) is 22.3 Å². The number of carbonyl (C=O) groups excluding carboxylic acids is 1. The minimum Gasteiger partial charge on any atom is -0.493 e. The fraction of sp³-hybridized carbons (Fsp3) is 0.364. The first-order valence-corrected chi connectivity index (χ1v) is 17.4. The van der Waals surface area contributed by atoms with Crippen molar-refractivity contribution in [3.63, 3.8) is 0 Å².